The minimum Gasteiger partial charge on any atom is -0.455 e. The molecule has 0 spiro atoms. The minimum atomic E-state index is -2.25. The minimum absolute atomic E-state index is 0.212. The van der Waals surface area contributed by atoms with Gasteiger partial charge in [-0.15, -0.1) is 0 Å². The lowest BCUT2D eigenvalue weighted by atomic mass is 9.96. The largest absolute Gasteiger partial charge is 0.455 e. The number of furan rings is 4. The van der Waals surface area contributed by atoms with Crippen LogP contribution in [0.2, 0.25) is 0 Å². The topological polar surface area (TPSA) is 120 Å². The molecule has 0 aliphatic rings. The first-order valence-corrected chi connectivity index (χ1v) is 34.7. The summed E-state index contributed by atoms with van der Waals surface area (Å²) in [5, 5.41) is 17.4. The summed E-state index contributed by atoms with van der Waals surface area (Å²) in [5.41, 5.74) is 18.3. The van der Waals surface area contributed by atoms with Gasteiger partial charge in [0.25, 0.3) is 0 Å². The Morgan fingerprint density at radius 2 is 0.817 bits per heavy atom. The van der Waals surface area contributed by atoms with Gasteiger partial charge in [0.15, 0.2) is 28.6 Å². The molecule has 0 N–H and O–H groups in total. The molecule has 20 aromatic rings. The highest BCUT2D eigenvalue weighted by Gasteiger charge is 2.28. The molecule has 0 unspecified atom stereocenters. The van der Waals surface area contributed by atoms with E-state index in [1.54, 1.807) is 29.2 Å². The van der Waals surface area contributed by atoms with Crippen LogP contribution in [0.3, 0.4) is 0 Å². The molecule has 8 aromatic heterocycles. The maximum absolute atomic E-state index is 8.12. The van der Waals surface area contributed by atoms with Gasteiger partial charge in [0.05, 0.1) is 57.7 Å². The zero-order valence-corrected chi connectivity index (χ0v) is 59.3. The van der Waals surface area contributed by atoms with Crippen LogP contribution in [0.5, 0.6) is 0 Å². The molecule has 504 valence electrons. The number of hydrogen-bond donors (Lipinski definition) is 0. The van der Waals surface area contributed by atoms with Crippen molar-refractivity contribution in [2.75, 3.05) is 0 Å². The van der Waals surface area contributed by atoms with Crippen LogP contribution in [0.1, 0.15) is 52.9 Å². The van der Waals surface area contributed by atoms with Crippen LogP contribution in [-0.4, -0.2) is 19.9 Å². The van der Waals surface area contributed by atoms with Gasteiger partial charge in [-0.3, -0.25) is 4.98 Å². The fourth-order valence-electron chi connectivity index (χ4n) is 14.9. The van der Waals surface area contributed by atoms with Gasteiger partial charge in [0.2, 0.25) is 5.69 Å². The van der Waals surface area contributed by atoms with E-state index in [1.807, 2.05) is 144 Å². The third-order valence-corrected chi connectivity index (χ3v) is 20.3. The molecule has 12 nitrogen and oxygen atoms in total. The molecule has 8 heterocycles. The summed E-state index contributed by atoms with van der Waals surface area (Å²) in [6.45, 7) is 7.92. The van der Waals surface area contributed by atoms with Crippen molar-refractivity contribution in [2.45, 2.75) is 55.2 Å². The molecule has 0 amide bonds. The quantitative estimate of drug-likeness (QED) is 0.160. The van der Waals surface area contributed by atoms with Gasteiger partial charge in [-0.1, -0.05) is 127 Å². The Bertz CT molecular complexity index is 7170. The van der Waals surface area contributed by atoms with Crippen molar-refractivity contribution >= 4 is 131 Å². The summed E-state index contributed by atoms with van der Waals surface area (Å²) < 4.78 is 80.4. The van der Waals surface area contributed by atoms with Crippen molar-refractivity contribution in [1.29, 1.82) is 0 Å². The average molecular weight is 1360 g/mol. The third kappa shape index (κ3) is 11.2. The lowest BCUT2D eigenvalue weighted by molar-refractivity contribution is -0.663. The van der Waals surface area contributed by atoms with Gasteiger partial charge in [0.1, 0.15) is 64.0 Å². The van der Waals surface area contributed by atoms with Crippen LogP contribution in [0.25, 0.3) is 176 Å². The highest BCUT2D eigenvalue weighted by atomic mass is 16.3. The predicted molar refractivity (Wildman–Crippen MR) is 420 cm³/mol. The highest BCUT2D eigenvalue weighted by molar-refractivity contribution is 6.17. The molecule has 12 aromatic carbocycles. The average Bonchev–Trinajstić information content (AvgIpc) is 1.57. The standard InChI is InChI=1S/4C23H19N2O/c1-14-11-19-18-12-16-7-4-5-8-17(16)13-20(18)26-22(19)21(15(14)2)23-24-9-6-10-25(23)3;1-14-12-24-23(25(3)13-14)21-15(2)8-9-18-19-10-16-6-4-5-7-17(16)11-20(19)26-22(18)21;1-14-10-15(2)22(19-13-24-8-9-25(19)3)23-21(14)18-11-16-6-4-5-7-17(16)12-20(18)26-23;1-14-8-9-18-19-12-16-6-4-5-7-17(16)13-20(19)26-22(18)21(14)23-24-15(2)10-11-25(23)3/h4*4-13H,1-3H3/q4*+1/i;2*1D3;. The molecule has 0 saturated carbocycles. The molecule has 0 radical (unpaired) electrons. The number of aromatic nitrogens is 8. The van der Waals surface area contributed by atoms with Crippen molar-refractivity contribution in [3.05, 3.63) is 288 Å². The SMILES string of the molecule is Cc1cc2c(oc3cc4ccccc4cc32)c(-c2nccc[n+]2C)c1C.Cc1cc[n+](C)c(-c2c(C)ccc3c2oc2cc4ccccc4cc23)n1.[2H]C([2H])([2H])c1cc(C)c(-c2cncc[n+]2C)c2oc3cc4ccccc4cc3c12.[2H]C([2H])([2H])c1cnc(-c2c(C)ccc3c2oc2cc4ccccc4cc23)[n+](C)c1. The second-order valence-electron chi connectivity index (χ2n) is 27.3. The van der Waals surface area contributed by atoms with Gasteiger partial charge in [-0.05, 0) is 194 Å². The summed E-state index contributed by atoms with van der Waals surface area (Å²) in [4.78, 5) is 18.2. The van der Waals surface area contributed by atoms with Crippen LogP contribution >= 0.6 is 0 Å². The molecule has 0 aliphatic heterocycles. The first-order chi connectivity index (χ1) is 52.9. The van der Waals surface area contributed by atoms with Crippen LogP contribution in [0.15, 0.2) is 261 Å². The summed E-state index contributed by atoms with van der Waals surface area (Å²) in [7, 11) is 7.80. The molecule has 104 heavy (non-hydrogen) atoms. The molecule has 12 heteroatoms. The Morgan fingerprint density at radius 1 is 0.337 bits per heavy atom. The fraction of sp³-hybridized carbons (Fsp3) is 0.130. The summed E-state index contributed by atoms with van der Waals surface area (Å²) >= 11 is 0. The fourth-order valence-corrected chi connectivity index (χ4v) is 14.9. The molecule has 0 fully saturated rings. The van der Waals surface area contributed by atoms with E-state index in [2.05, 4.69) is 168 Å². The van der Waals surface area contributed by atoms with Crippen LogP contribution < -0.4 is 18.3 Å². The number of aryl methyl sites for hydroxylation is 11. The first kappa shape index (κ1) is 57.9. The Labute approximate surface area is 609 Å². The van der Waals surface area contributed by atoms with Gasteiger partial charge in [-0.2, -0.15) is 4.57 Å². The third-order valence-electron chi connectivity index (χ3n) is 20.3. The van der Waals surface area contributed by atoms with Gasteiger partial charge < -0.3 is 17.7 Å². The number of benzene rings is 12. The Hall–Kier alpha value is -12.8. The molecule has 0 bridgehead atoms. The van der Waals surface area contributed by atoms with E-state index < -0.39 is 13.7 Å². The molecule has 0 atom stereocenters. The van der Waals surface area contributed by atoms with Crippen LogP contribution in [-0.2, 0) is 28.2 Å². The Morgan fingerprint density at radius 3 is 1.34 bits per heavy atom. The predicted octanol–water partition coefficient (Wildman–Crippen LogP) is 21.0. The second-order valence-corrected chi connectivity index (χ2v) is 27.3. The first-order valence-electron chi connectivity index (χ1n) is 37.7. The Kier molecular flexibility index (Phi) is 14.3. The van der Waals surface area contributed by atoms with Crippen LogP contribution in [0, 0.1) is 55.2 Å². The molecular weight excluding hydrogens is 1280 g/mol. The zero-order chi connectivity index (χ0) is 76.3. The lowest BCUT2D eigenvalue weighted by Gasteiger charge is -2.07. The second kappa shape index (κ2) is 25.7. The van der Waals surface area contributed by atoms with Crippen molar-refractivity contribution in [2.24, 2.45) is 28.2 Å². The van der Waals surface area contributed by atoms with E-state index in [0.29, 0.717) is 27.9 Å². The number of fused-ring (bicyclic) bond motifs is 16. The number of nitrogens with zero attached hydrogens (tertiary/aromatic N) is 8. The number of hydrogen-bond acceptors (Lipinski definition) is 8. The van der Waals surface area contributed by atoms with E-state index in [4.69, 9.17) is 30.9 Å². The summed E-state index contributed by atoms with van der Waals surface area (Å²) in [5.74, 6) is 2.52. The molecule has 0 saturated heterocycles. The maximum Gasteiger partial charge on any atom is 0.334 e. The monoisotopic (exact) mass is 1360 g/mol. The van der Waals surface area contributed by atoms with Gasteiger partial charge in [-0.25, -0.2) is 13.7 Å². The smallest absolute Gasteiger partial charge is 0.334 e. The maximum atomic E-state index is 8.12. The molecule has 0 aliphatic carbocycles. The molecular formula is C92H76N8O4+4. The van der Waals surface area contributed by atoms with Crippen molar-refractivity contribution in [1.82, 2.24) is 19.9 Å². The Balaban J connectivity index is 0.000000107. The van der Waals surface area contributed by atoms with E-state index in [1.165, 1.54) is 38.9 Å². The summed E-state index contributed by atoms with van der Waals surface area (Å²) in [6.07, 6.45) is 14.3. The van der Waals surface area contributed by atoms with E-state index >= 15 is 0 Å². The van der Waals surface area contributed by atoms with Crippen molar-refractivity contribution < 1.29 is 44.2 Å². The normalized spacial score (nSPS) is 12.8. The van der Waals surface area contributed by atoms with Crippen molar-refractivity contribution in [3.63, 3.8) is 0 Å². The van der Waals surface area contributed by atoms with Gasteiger partial charge >= 0.3 is 17.5 Å². The number of rotatable bonds is 4. The van der Waals surface area contributed by atoms with E-state index in [-0.39, 0.29) is 5.56 Å². The highest BCUT2D eigenvalue weighted by Crippen LogP contribution is 2.44. The van der Waals surface area contributed by atoms with Gasteiger partial charge in [0, 0.05) is 75.9 Å². The lowest BCUT2D eigenvalue weighted by Crippen LogP contribution is -2.32. The van der Waals surface area contributed by atoms with Crippen LogP contribution in [0.4, 0.5) is 0 Å². The van der Waals surface area contributed by atoms with Crippen molar-refractivity contribution in [3.8, 4) is 45.4 Å². The summed E-state index contributed by atoms with van der Waals surface area (Å²) in [6, 6.07) is 66.4. The zero-order valence-electron chi connectivity index (χ0n) is 65.3. The van der Waals surface area contributed by atoms with E-state index in [9.17, 15) is 0 Å². The van der Waals surface area contributed by atoms with E-state index in [0.717, 1.165) is 155 Å². The molecule has 20 rings (SSSR count).